The summed E-state index contributed by atoms with van der Waals surface area (Å²) in [4.78, 5) is 7.26. The number of hydrogen-bond acceptors (Lipinski definition) is 4. The molecule has 0 amide bonds. The molecule has 0 aliphatic heterocycles. The van der Waals surface area contributed by atoms with Crippen molar-refractivity contribution in [2.75, 3.05) is 5.73 Å². The maximum atomic E-state index is 12.1. The van der Waals surface area contributed by atoms with Crippen molar-refractivity contribution in [2.24, 2.45) is 0 Å². The number of nitrogens with one attached hydrogen (secondary N) is 1. The number of H-pyrrole nitrogens is 1. The van der Waals surface area contributed by atoms with E-state index in [9.17, 15) is 8.42 Å². The third kappa shape index (κ3) is 2.33. The van der Waals surface area contributed by atoms with Gasteiger partial charge in [-0.3, -0.25) is 0 Å². The molecule has 0 unspecified atom stereocenters. The fourth-order valence-electron chi connectivity index (χ4n) is 1.54. The van der Waals surface area contributed by atoms with Gasteiger partial charge >= 0.3 is 0 Å². The largest absolute Gasteiger partial charge is 0.399 e. The van der Waals surface area contributed by atoms with E-state index in [-0.39, 0.29) is 5.75 Å². The molecule has 0 aliphatic rings. The van der Waals surface area contributed by atoms with Crippen LogP contribution in [0.4, 0.5) is 5.69 Å². The highest BCUT2D eigenvalue weighted by molar-refractivity contribution is 7.91. The quantitative estimate of drug-likeness (QED) is 0.813. The number of nitrogens with zero attached hydrogens (tertiary/aromatic N) is 1. The van der Waals surface area contributed by atoms with Gasteiger partial charge in [-0.1, -0.05) is 0 Å². The van der Waals surface area contributed by atoms with Gasteiger partial charge in [0.1, 0.15) is 11.6 Å². The van der Waals surface area contributed by atoms with Gasteiger partial charge in [-0.2, -0.15) is 0 Å². The van der Waals surface area contributed by atoms with Crippen molar-refractivity contribution in [3.8, 4) is 0 Å². The van der Waals surface area contributed by atoms with E-state index in [2.05, 4.69) is 9.97 Å². The molecule has 2 aromatic rings. The summed E-state index contributed by atoms with van der Waals surface area (Å²) in [7, 11) is -3.23. The number of sulfone groups is 1. The van der Waals surface area contributed by atoms with E-state index >= 15 is 0 Å². The lowest BCUT2D eigenvalue weighted by atomic mass is 10.3. The van der Waals surface area contributed by atoms with Crippen LogP contribution in [0.2, 0.25) is 0 Å². The Morgan fingerprint density at radius 2 is 2.00 bits per heavy atom. The Balaban J connectivity index is 2.39. The van der Waals surface area contributed by atoms with Gasteiger partial charge in [0, 0.05) is 5.69 Å². The second-order valence-corrected chi connectivity index (χ2v) is 8.07. The number of nitrogen functional groups attached to an aromatic ring is 1. The van der Waals surface area contributed by atoms with Crippen LogP contribution in [0, 0.1) is 0 Å². The molecule has 5 nitrogen and oxygen atoms in total. The van der Waals surface area contributed by atoms with Crippen molar-refractivity contribution in [3.63, 3.8) is 0 Å². The molecule has 3 N–H and O–H groups in total. The maximum absolute atomic E-state index is 12.1. The lowest BCUT2D eigenvalue weighted by Gasteiger charge is -2.17. The van der Waals surface area contributed by atoms with Gasteiger partial charge in [0.25, 0.3) is 0 Å². The number of anilines is 1. The minimum atomic E-state index is -3.23. The molecule has 0 aliphatic carbocycles. The van der Waals surface area contributed by atoms with Crippen LogP contribution >= 0.6 is 0 Å². The van der Waals surface area contributed by atoms with E-state index in [1.807, 2.05) is 0 Å². The van der Waals surface area contributed by atoms with Crippen LogP contribution in [-0.2, 0) is 15.6 Å². The predicted molar refractivity (Wildman–Crippen MR) is 72.9 cm³/mol. The summed E-state index contributed by atoms with van der Waals surface area (Å²) in [5.41, 5.74) is 7.77. The number of aromatic amines is 1. The average molecular weight is 267 g/mol. The molecule has 2 rings (SSSR count). The molecular weight excluding hydrogens is 250 g/mol. The molecule has 0 atom stereocenters. The summed E-state index contributed by atoms with van der Waals surface area (Å²) >= 11 is 0. The zero-order valence-corrected chi connectivity index (χ0v) is 11.5. The fraction of sp³-hybridized carbons (Fsp3) is 0.417. The first-order valence-corrected chi connectivity index (χ1v) is 7.31. The van der Waals surface area contributed by atoms with E-state index < -0.39 is 14.6 Å². The lowest BCUT2D eigenvalue weighted by molar-refractivity contribution is 0.558. The summed E-state index contributed by atoms with van der Waals surface area (Å²) in [5, 5.41) is 0. The van der Waals surface area contributed by atoms with Crippen molar-refractivity contribution in [3.05, 3.63) is 24.0 Å². The summed E-state index contributed by atoms with van der Waals surface area (Å²) in [6.07, 6.45) is 0. The highest BCUT2D eigenvalue weighted by Crippen LogP contribution is 2.21. The second-order valence-electron chi connectivity index (χ2n) is 5.33. The molecule has 6 heteroatoms. The average Bonchev–Trinajstić information content (AvgIpc) is 2.56. The summed E-state index contributed by atoms with van der Waals surface area (Å²) in [5.74, 6) is 0.357. The van der Waals surface area contributed by atoms with Crippen molar-refractivity contribution in [1.82, 2.24) is 9.97 Å². The van der Waals surface area contributed by atoms with E-state index in [1.165, 1.54) is 0 Å². The number of aromatic nitrogens is 2. The number of hydrogen-bond donors (Lipinski definition) is 2. The van der Waals surface area contributed by atoms with Crippen LogP contribution in [0.3, 0.4) is 0 Å². The number of rotatable bonds is 2. The van der Waals surface area contributed by atoms with Crippen LogP contribution in [0.5, 0.6) is 0 Å². The van der Waals surface area contributed by atoms with Crippen molar-refractivity contribution in [1.29, 1.82) is 0 Å². The van der Waals surface area contributed by atoms with E-state index in [1.54, 1.807) is 39.0 Å². The molecule has 0 saturated carbocycles. The Hall–Kier alpha value is -1.56. The Morgan fingerprint density at radius 3 is 2.61 bits per heavy atom. The SMILES string of the molecule is CC(C)(C)S(=O)(=O)Cc1nc2ccc(N)cc2[nH]1. The Bertz CT molecular complexity index is 681. The normalized spacial score (nSPS) is 13.1. The molecule has 0 fully saturated rings. The first-order valence-electron chi connectivity index (χ1n) is 5.65. The van der Waals surface area contributed by atoms with Gasteiger partial charge in [-0.15, -0.1) is 0 Å². The first kappa shape index (κ1) is 12.9. The van der Waals surface area contributed by atoms with E-state index in [0.29, 0.717) is 11.5 Å². The van der Waals surface area contributed by atoms with Crippen LogP contribution in [0.25, 0.3) is 11.0 Å². The fourth-order valence-corrected chi connectivity index (χ4v) is 2.47. The molecule has 0 saturated heterocycles. The predicted octanol–water partition coefficient (Wildman–Crippen LogP) is 1.86. The summed E-state index contributed by atoms with van der Waals surface area (Å²) in [6, 6.07) is 5.26. The van der Waals surface area contributed by atoms with E-state index in [0.717, 1.165) is 11.0 Å². The Labute approximate surface area is 106 Å². The summed E-state index contributed by atoms with van der Waals surface area (Å²) in [6.45, 7) is 5.05. The van der Waals surface area contributed by atoms with Gasteiger partial charge in [0.15, 0.2) is 9.84 Å². The zero-order chi connectivity index (χ0) is 13.6. The zero-order valence-electron chi connectivity index (χ0n) is 10.7. The second kappa shape index (κ2) is 3.98. The molecule has 1 heterocycles. The van der Waals surface area contributed by atoms with Gasteiger partial charge in [0.05, 0.1) is 15.8 Å². The summed E-state index contributed by atoms with van der Waals surface area (Å²) < 4.78 is 23.4. The van der Waals surface area contributed by atoms with Crippen LogP contribution in [-0.4, -0.2) is 23.1 Å². The maximum Gasteiger partial charge on any atom is 0.162 e. The van der Waals surface area contributed by atoms with Crippen LogP contribution in [0.15, 0.2) is 18.2 Å². The topological polar surface area (TPSA) is 88.8 Å². The van der Waals surface area contributed by atoms with Gasteiger partial charge in [-0.25, -0.2) is 13.4 Å². The van der Waals surface area contributed by atoms with Crippen LogP contribution < -0.4 is 5.73 Å². The monoisotopic (exact) mass is 267 g/mol. The molecule has 0 bridgehead atoms. The van der Waals surface area contributed by atoms with Gasteiger partial charge in [0.2, 0.25) is 0 Å². The molecule has 1 aromatic heterocycles. The van der Waals surface area contributed by atoms with Crippen molar-refractivity contribution < 1.29 is 8.42 Å². The van der Waals surface area contributed by atoms with Crippen molar-refractivity contribution >= 4 is 26.6 Å². The number of fused-ring (bicyclic) bond motifs is 1. The Morgan fingerprint density at radius 1 is 1.33 bits per heavy atom. The Kier molecular flexibility index (Phi) is 2.85. The highest BCUT2D eigenvalue weighted by atomic mass is 32.2. The standard InChI is InChI=1S/C12H17N3O2S/c1-12(2,3)18(16,17)7-11-14-9-5-4-8(13)6-10(9)15-11/h4-6H,7,13H2,1-3H3,(H,14,15). The first-order chi connectivity index (χ1) is 8.19. The highest BCUT2D eigenvalue weighted by Gasteiger charge is 2.30. The van der Waals surface area contributed by atoms with Gasteiger partial charge in [-0.05, 0) is 39.0 Å². The molecule has 18 heavy (non-hydrogen) atoms. The number of benzene rings is 1. The lowest BCUT2D eigenvalue weighted by Crippen LogP contribution is -2.29. The van der Waals surface area contributed by atoms with Crippen molar-refractivity contribution in [2.45, 2.75) is 31.3 Å². The molecule has 1 aromatic carbocycles. The van der Waals surface area contributed by atoms with E-state index in [4.69, 9.17) is 5.73 Å². The number of nitrogens with two attached hydrogens (primary N) is 1. The number of imidazole rings is 1. The van der Waals surface area contributed by atoms with Crippen LogP contribution in [0.1, 0.15) is 26.6 Å². The third-order valence-corrected chi connectivity index (χ3v) is 5.33. The molecule has 0 radical (unpaired) electrons. The third-order valence-electron chi connectivity index (χ3n) is 2.81. The molecule has 98 valence electrons. The smallest absolute Gasteiger partial charge is 0.162 e. The van der Waals surface area contributed by atoms with Gasteiger partial charge < -0.3 is 10.7 Å². The molecular formula is C12H17N3O2S. The molecule has 0 spiro atoms. The minimum Gasteiger partial charge on any atom is -0.399 e. The minimum absolute atomic E-state index is 0.0922.